The van der Waals surface area contributed by atoms with Crippen LogP contribution in [-0.2, 0) is 4.79 Å². The number of ether oxygens (including phenoxy) is 5. The van der Waals surface area contributed by atoms with Crippen molar-refractivity contribution in [3.05, 3.63) is 41.5 Å². The zero-order chi connectivity index (χ0) is 24.9. The first-order valence-corrected chi connectivity index (χ1v) is 10.9. The summed E-state index contributed by atoms with van der Waals surface area (Å²) >= 11 is 0. The molecule has 0 atom stereocenters. The maximum absolute atomic E-state index is 12.7. The van der Waals surface area contributed by atoms with E-state index in [4.69, 9.17) is 23.7 Å². The Labute approximate surface area is 199 Å². The molecule has 0 aliphatic carbocycles. The van der Waals surface area contributed by atoms with Crippen LogP contribution < -0.4 is 34.4 Å². The van der Waals surface area contributed by atoms with Crippen LogP contribution in [0.4, 0.5) is 0 Å². The van der Waals surface area contributed by atoms with E-state index in [0.717, 1.165) is 0 Å². The number of benzene rings is 2. The van der Waals surface area contributed by atoms with Gasteiger partial charge in [-0.1, -0.05) is 6.07 Å². The van der Waals surface area contributed by atoms with E-state index in [2.05, 4.69) is 15.8 Å². The second-order valence-electron chi connectivity index (χ2n) is 6.66. The number of hydrogen-bond donors (Lipinski definition) is 2. The maximum atomic E-state index is 12.7. The summed E-state index contributed by atoms with van der Waals surface area (Å²) in [6.07, 6.45) is 1.43. The van der Waals surface area contributed by atoms with Crippen molar-refractivity contribution in [2.75, 3.05) is 40.6 Å². The van der Waals surface area contributed by atoms with Crippen molar-refractivity contribution in [3.63, 3.8) is 0 Å². The molecule has 0 unspecified atom stereocenters. The third kappa shape index (κ3) is 7.03. The molecule has 0 aliphatic heterocycles. The predicted octanol–water partition coefficient (Wildman–Crippen LogP) is 2.78. The number of nitrogens with one attached hydrogen (secondary N) is 2. The van der Waals surface area contributed by atoms with Gasteiger partial charge in [-0.25, -0.2) is 5.43 Å². The molecule has 0 spiro atoms. The molecule has 0 radical (unpaired) electrons. The minimum absolute atomic E-state index is 0.271. The highest BCUT2D eigenvalue weighted by Crippen LogP contribution is 2.39. The summed E-state index contributed by atoms with van der Waals surface area (Å²) in [6.45, 7) is 6.39. The molecule has 0 saturated heterocycles. The van der Waals surface area contributed by atoms with Crippen molar-refractivity contribution in [3.8, 4) is 28.7 Å². The second kappa shape index (κ2) is 13.6. The van der Waals surface area contributed by atoms with Crippen LogP contribution in [0.25, 0.3) is 0 Å². The van der Waals surface area contributed by atoms with Gasteiger partial charge in [0.25, 0.3) is 11.8 Å². The normalized spacial score (nSPS) is 10.5. The average Bonchev–Trinajstić information content (AvgIpc) is 2.84. The molecule has 2 aromatic rings. The lowest BCUT2D eigenvalue weighted by Crippen LogP contribution is -2.35. The minimum Gasteiger partial charge on any atom is -0.493 e. The third-order valence-electron chi connectivity index (χ3n) is 4.41. The van der Waals surface area contributed by atoms with Crippen molar-refractivity contribution in [2.24, 2.45) is 5.10 Å². The average molecular weight is 474 g/mol. The van der Waals surface area contributed by atoms with E-state index >= 15 is 0 Å². The summed E-state index contributed by atoms with van der Waals surface area (Å²) in [6, 6.07) is 8.39. The first-order chi connectivity index (χ1) is 16.5. The van der Waals surface area contributed by atoms with E-state index in [9.17, 15) is 9.59 Å². The summed E-state index contributed by atoms with van der Waals surface area (Å²) in [5.74, 6) is 1.26. The summed E-state index contributed by atoms with van der Waals surface area (Å²) in [7, 11) is 3.04. The SMILES string of the molecule is CCOc1cc(C(=O)NCC(=O)N/N=C\c2cccc(OC)c2OC)cc(OCC)c1OCC. The number of para-hydroxylation sites is 1. The molecule has 2 rings (SSSR count). The number of carbonyl (C=O) groups is 2. The van der Waals surface area contributed by atoms with E-state index in [1.165, 1.54) is 20.4 Å². The van der Waals surface area contributed by atoms with Gasteiger partial charge in [-0.05, 0) is 45.0 Å². The zero-order valence-electron chi connectivity index (χ0n) is 20.1. The summed E-state index contributed by atoms with van der Waals surface area (Å²) in [5.41, 5.74) is 3.26. The van der Waals surface area contributed by atoms with Crippen LogP contribution in [0.3, 0.4) is 0 Å². The monoisotopic (exact) mass is 473 g/mol. The van der Waals surface area contributed by atoms with Gasteiger partial charge in [0, 0.05) is 11.1 Å². The fourth-order valence-corrected chi connectivity index (χ4v) is 3.01. The Kier molecular flexibility index (Phi) is 10.5. The van der Waals surface area contributed by atoms with Crippen LogP contribution >= 0.6 is 0 Å². The molecule has 34 heavy (non-hydrogen) atoms. The number of carbonyl (C=O) groups excluding carboxylic acids is 2. The molecule has 0 saturated carbocycles. The van der Waals surface area contributed by atoms with Gasteiger partial charge < -0.3 is 29.0 Å². The van der Waals surface area contributed by atoms with Crippen LogP contribution in [0, 0.1) is 0 Å². The number of rotatable bonds is 13. The Morgan fingerprint density at radius 3 is 2.09 bits per heavy atom. The van der Waals surface area contributed by atoms with Gasteiger partial charge in [0.15, 0.2) is 23.0 Å². The Hall–Kier alpha value is -3.95. The molecule has 0 aromatic heterocycles. The second-order valence-corrected chi connectivity index (χ2v) is 6.66. The Morgan fingerprint density at radius 1 is 0.882 bits per heavy atom. The van der Waals surface area contributed by atoms with Crippen molar-refractivity contribution in [1.82, 2.24) is 10.7 Å². The molecule has 0 bridgehead atoms. The molecule has 2 N–H and O–H groups in total. The molecule has 0 aliphatic rings. The van der Waals surface area contributed by atoms with Gasteiger partial charge in [0.1, 0.15) is 0 Å². The largest absolute Gasteiger partial charge is 0.493 e. The first-order valence-electron chi connectivity index (χ1n) is 10.9. The smallest absolute Gasteiger partial charge is 0.259 e. The van der Waals surface area contributed by atoms with Gasteiger partial charge in [-0.3, -0.25) is 9.59 Å². The summed E-state index contributed by atoms with van der Waals surface area (Å²) in [5, 5.41) is 6.47. The summed E-state index contributed by atoms with van der Waals surface area (Å²) in [4.78, 5) is 24.8. The number of methoxy groups -OCH3 is 2. The molecule has 0 fully saturated rings. The number of hydrazone groups is 1. The van der Waals surface area contributed by atoms with E-state index in [0.29, 0.717) is 54.1 Å². The van der Waals surface area contributed by atoms with Gasteiger partial charge in [-0.2, -0.15) is 5.10 Å². The van der Waals surface area contributed by atoms with Crippen LogP contribution in [0.15, 0.2) is 35.4 Å². The van der Waals surface area contributed by atoms with Crippen LogP contribution in [0.1, 0.15) is 36.7 Å². The fourth-order valence-electron chi connectivity index (χ4n) is 3.01. The maximum Gasteiger partial charge on any atom is 0.259 e. The number of nitrogens with zero attached hydrogens (tertiary/aromatic N) is 1. The van der Waals surface area contributed by atoms with Crippen molar-refractivity contribution in [2.45, 2.75) is 20.8 Å². The molecule has 0 heterocycles. The quantitative estimate of drug-likeness (QED) is 0.339. The molecule has 10 heteroatoms. The van der Waals surface area contributed by atoms with Gasteiger partial charge >= 0.3 is 0 Å². The lowest BCUT2D eigenvalue weighted by atomic mass is 10.1. The predicted molar refractivity (Wildman–Crippen MR) is 128 cm³/mol. The fraction of sp³-hybridized carbons (Fsp3) is 0.375. The lowest BCUT2D eigenvalue weighted by molar-refractivity contribution is -0.120. The zero-order valence-corrected chi connectivity index (χ0v) is 20.1. The molecule has 184 valence electrons. The Morgan fingerprint density at radius 2 is 1.53 bits per heavy atom. The first kappa shape index (κ1) is 26.3. The highest BCUT2D eigenvalue weighted by Gasteiger charge is 2.18. The summed E-state index contributed by atoms with van der Waals surface area (Å²) < 4.78 is 27.4. The molecular formula is C24H31N3O7. The number of amides is 2. The van der Waals surface area contributed by atoms with E-state index in [1.807, 2.05) is 20.8 Å². The van der Waals surface area contributed by atoms with Crippen molar-refractivity contribution in [1.29, 1.82) is 0 Å². The van der Waals surface area contributed by atoms with Crippen LogP contribution in [0.5, 0.6) is 28.7 Å². The van der Waals surface area contributed by atoms with Crippen LogP contribution in [0.2, 0.25) is 0 Å². The van der Waals surface area contributed by atoms with E-state index < -0.39 is 11.8 Å². The molecular weight excluding hydrogens is 442 g/mol. The molecule has 2 amide bonds. The van der Waals surface area contributed by atoms with Gasteiger partial charge in [0.05, 0.1) is 46.8 Å². The Bertz CT molecular complexity index is 981. The molecule has 2 aromatic carbocycles. The van der Waals surface area contributed by atoms with Gasteiger partial charge in [-0.15, -0.1) is 0 Å². The standard InChI is InChI=1S/C24H31N3O7/c1-6-32-19-12-17(13-20(33-7-2)23(19)34-8-3)24(29)25-15-21(28)27-26-14-16-10-9-11-18(30-4)22(16)31-5/h9-14H,6-8,15H2,1-5H3,(H,25,29)(H,27,28)/b26-14-. The third-order valence-corrected chi connectivity index (χ3v) is 4.41. The molecule has 10 nitrogen and oxygen atoms in total. The highest BCUT2D eigenvalue weighted by molar-refractivity contribution is 5.97. The minimum atomic E-state index is -0.507. The van der Waals surface area contributed by atoms with Gasteiger partial charge in [0.2, 0.25) is 5.75 Å². The van der Waals surface area contributed by atoms with Crippen LogP contribution in [-0.4, -0.2) is 58.6 Å². The number of hydrogen-bond acceptors (Lipinski definition) is 8. The van der Waals surface area contributed by atoms with E-state index in [-0.39, 0.29) is 12.1 Å². The lowest BCUT2D eigenvalue weighted by Gasteiger charge is -2.17. The van der Waals surface area contributed by atoms with Crippen molar-refractivity contribution >= 4 is 18.0 Å². The Balaban J connectivity index is 2.05. The highest BCUT2D eigenvalue weighted by atomic mass is 16.5. The van der Waals surface area contributed by atoms with E-state index in [1.54, 1.807) is 30.3 Å². The topological polar surface area (TPSA) is 117 Å². The van der Waals surface area contributed by atoms with Crippen molar-refractivity contribution < 1.29 is 33.3 Å².